The number of pyridine rings is 1. The summed E-state index contributed by atoms with van der Waals surface area (Å²) in [4.78, 5) is 24.7. The van der Waals surface area contributed by atoms with Crippen molar-refractivity contribution in [3.8, 4) is 0 Å². The van der Waals surface area contributed by atoms with Crippen LogP contribution in [-0.2, 0) is 0 Å². The van der Waals surface area contributed by atoms with E-state index in [1.54, 1.807) is 18.3 Å². The molecule has 0 spiro atoms. The first kappa shape index (κ1) is 15.7. The van der Waals surface area contributed by atoms with E-state index < -0.39 is 0 Å². The summed E-state index contributed by atoms with van der Waals surface area (Å²) in [5.74, 6) is 1.02. The summed E-state index contributed by atoms with van der Waals surface area (Å²) < 4.78 is 0. The van der Waals surface area contributed by atoms with Gasteiger partial charge >= 0.3 is 6.03 Å². The minimum absolute atomic E-state index is 0.300. The molecule has 7 heteroatoms. The number of carbonyl (C=O) groups is 1. The number of nitrogens with zero attached hydrogens (tertiary/aromatic N) is 3. The van der Waals surface area contributed by atoms with Gasteiger partial charge in [-0.05, 0) is 43.7 Å². The molecule has 2 heterocycles. The van der Waals surface area contributed by atoms with Gasteiger partial charge in [0.1, 0.15) is 11.3 Å². The molecule has 0 aliphatic heterocycles. The third kappa shape index (κ3) is 3.75. The second-order valence-electron chi connectivity index (χ2n) is 5.27. The largest absolute Gasteiger partial charge is 0.339 e. The van der Waals surface area contributed by atoms with E-state index in [0.29, 0.717) is 29.3 Å². The highest BCUT2D eigenvalue weighted by molar-refractivity contribution is 5.89. The Kier molecular flexibility index (Phi) is 4.51. The first-order valence-electron chi connectivity index (χ1n) is 7.66. The second-order valence-corrected chi connectivity index (χ2v) is 5.27. The van der Waals surface area contributed by atoms with Crippen LogP contribution in [0.1, 0.15) is 12.5 Å². The Hall–Kier alpha value is -3.22. The molecule has 122 valence electrons. The van der Waals surface area contributed by atoms with E-state index in [1.807, 2.05) is 38.1 Å². The van der Waals surface area contributed by atoms with Crippen LogP contribution >= 0.6 is 0 Å². The molecule has 0 bridgehead atoms. The van der Waals surface area contributed by atoms with Crippen LogP contribution < -0.4 is 16.0 Å². The van der Waals surface area contributed by atoms with Gasteiger partial charge in [0, 0.05) is 12.2 Å². The number of rotatable bonds is 4. The van der Waals surface area contributed by atoms with Gasteiger partial charge in [0.25, 0.3) is 0 Å². The number of aromatic nitrogens is 3. The lowest BCUT2D eigenvalue weighted by Gasteiger charge is -2.08. The Morgan fingerprint density at radius 2 is 1.96 bits per heavy atom. The van der Waals surface area contributed by atoms with E-state index in [9.17, 15) is 4.79 Å². The zero-order valence-corrected chi connectivity index (χ0v) is 13.5. The third-order valence-electron chi connectivity index (χ3n) is 3.28. The molecule has 0 aliphatic rings. The predicted octanol–water partition coefficient (Wildman–Crippen LogP) is 3.22. The van der Waals surface area contributed by atoms with Crippen molar-refractivity contribution in [3.63, 3.8) is 0 Å². The van der Waals surface area contributed by atoms with Crippen molar-refractivity contribution < 1.29 is 4.79 Å². The summed E-state index contributed by atoms with van der Waals surface area (Å²) in [7, 11) is 0. The maximum atomic E-state index is 11.6. The normalized spacial score (nSPS) is 10.4. The fourth-order valence-corrected chi connectivity index (χ4v) is 2.22. The molecule has 0 saturated carbocycles. The van der Waals surface area contributed by atoms with Gasteiger partial charge in [0.05, 0.1) is 6.20 Å². The van der Waals surface area contributed by atoms with Crippen molar-refractivity contribution in [1.29, 1.82) is 0 Å². The minimum atomic E-state index is -0.300. The molecular weight excluding hydrogens is 304 g/mol. The topological polar surface area (TPSA) is 91.8 Å². The maximum Gasteiger partial charge on any atom is 0.320 e. The van der Waals surface area contributed by atoms with Crippen molar-refractivity contribution in [3.05, 3.63) is 48.2 Å². The smallest absolute Gasteiger partial charge is 0.320 e. The number of fused-ring (bicyclic) bond motifs is 1. The fraction of sp³-hybridized carbons (Fsp3) is 0.176. The van der Waals surface area contributed by atoms with Gasteiger partial charge in [0.15, 0.2) is 11.5 Å². The Morgan fingerprint density at radius 3 is 2.75 bits per heavy atom. The molecule has 0 atom stereocenters. The van der Waals surface area contributed by atoms with Crippen LogP contribution in [0.25, 0.3) is 11.2 Å². The molecule has 1 aromatic carbocycles. The van der Waals surface area contributed by atoms with Crippen LogP contribution in [0, 0.1) is 6.92 Å². The zero-order chi connectivity index (χ0) is 16.9. The summed E-state index contributed by atoms with van der Waals surface area (Å²) in [6.07, 6.45) is 1.66. The molecule has 0 aliphatic carbocycles. The first-order chi connectivity index (χ1) is 11.6. The van der Waals surface area contributed by atoms with Crippen molar-refractivity contribution in [1.82, 2.24) is 20.3 Å². The van der Waals surface area contributed by atoms with Crippen LogP contribution in [0.2, 0.25) is 0 Å². The van der Waals surface area contributed by atoms with Crippen LogP contribution in [0.4, 0.5) is 22.1 Å². The molecule has 0 saturated heterocycles. The van der Waals surface area contributed by atoms with Crippen molar-refractivity contribution >= 4 is 34.5 Å². The molecule has 3 rings (SSSR count). The number of urea groups is 1. The molecule has 24 heavy (non-hydrogen) atoms. The monoisotopic (exact) mass is 322 g/mol. The van der Waals surface area contributed by atoms with Crippen LogP contribution in [0.3, 0.4) is 0 Å². The van der Waals surface area contributed by atoms with E-state index in [-0.39, 0.29) is 6.03 Å². The highest BCUT2D eigenvalue weighted by Crippen LogP contribution is 2.18. The minimum Gasteiger partial charge on any atom is -0.339 e. The average Bonchev–Trinajstić information content (AvgIpc) is 2.55. The Balaban J connectivity index is 1.84. The SMILES string of the molecule is CCNC(=O)Nc1ccc2ncc(Nc3cccc(C)c3)nc2n1. The lowest BCUT2D eigenvalue weighted by molar-refractivity contribution is 0.252. The molecule has 3 aromatic rings. The zero-order valence-electron chi connectivity index (χ0n) is 13.5. The van der Waals surface area contributed by atoms with E-state index in [1.165, 1.54) is 0 Å². The van der Waals surface area contributed by atoms with Crippen molar-refractivity contribution in [2.45, 2.75) is 13.8 Å². The summed E-state index contributed by atoms with van der Waals surface area (Å²) in [5, 5.41) is 8.52. The third-order valence-corrected chi connectivity index (χ3v) is 3.28. The first-order valence-corrected chi connectivity index (χ1v) is 7.66. The highest BCUT2D eigenvalue weighted by Gasteiger charge is 2.06. The number of anilines is 3. The van der Waals surface area contributed by atoms with Crippen LogP contribution in [0.5, 0.6) is 0 Å². The average molecular weight is 322 g/mol. The molecule has 7 nitrogen and oxygen atoms in total. The number of hydrogen-bond donors (Lipinski definition) is 3. The summed E-state index contributed by atoms with van der Waals surface area (Å²) in [6.45, 7) is 4.42. The molecule has 3 N–H and O–H groups in total. The molecule has 0 fully saturated rings. The van der Waals surface area contributed by atoms with E-state index in [4.69, 9.17) is 0 Å². The Labute approximate surface area is 139 Å². The Bertz CT molecular complexity index is 880. The Morgan fingerprint density at radius 1 is 1.12 bits per heavy atom. The van der Waals surface area contributed by atoms with Gasteiger partial charge in [-0.15, -0.1) is 0 Å². The number of aryl methyl sites for hydroxylation is 1. The van der Waals surface area contributed by atoms with Crippen LogP contribution in [0.15, 0.2) is 42.6 Å². The van der Waals surface area contributed by atoms with E-state index in [0.717, 1.165) is 11.3 Å². The van der Waals surface area contributed by atoms with Gasteiger partial charge in [-0.2, -0.15) is 0 Å². The van der Waals surface area contributed by atoms with Crippen molar-refractivity contribution in [2.24, 2.45) is 0 Å². The molecular formula is C17H18N6O. The van der Waals surface area contributed by atoms with Gasteiger partial charge in [-0.1, -0.05) is 12.1 Å². The molecule has 2 aromatic heterocycles. The maximum absolute atomic E-state index is 11.6. The van der Waals surface area contributed by atoms with Crippen LogP contribution in [-0.4, -0.2) is 27.5 Å². The fourth-order valence-electron chi connectivity index (χ4n) is 2.22. The van der Waals surface area contributed by atoms with Gasteiger partial charge in [-0.25, -0.2) is 19.7 Å². The summed E-state index contributed by atoms with van der Waals surface area (Å²) in [5.41, 5.74) is 3.20. The predicted molar refractivity (Wildman–Crippen MR) is 94.5 cm³/mol. The van der Waals surface area contributed by atoms with Gasteiger partial charge in [0.2, 0.25) is 0 Å². The standard InChI is InChI=1S/C17H18N6O/c1-3-18-17(24)23-14-8-7-13-16(21-14)22-15(10-19-13)20-12-6-4-5-11(2)9-12/h4-10H,3H2,1-2H3,(H3,18,20,21,22,23,24). The highest BCUT2D eigenvalue weighted by atomic mass is 16.2. The quantitative estimate of drug-likeness (QED) is 0.686. The van der Waals surface area contributed by atoms with E-state index >= 15 is 0 Å². The number of amides is 2. The molecule has 0 radical (unpaired) electrons. The summed E-state index contributed by atoms with van der Waals surface area (Å²) >= 11 is 0. The van der Waals surface area contributed by atoms with Gasteiger partial charge < -0.3 is 10.6 Å². The van der Waals surface area contributed by atoms with Crippen molar-refractivity contribution in [2.75, 3.05) is 17.2 Å². The summed E-state index contributed by atoms with van der Waals surface area (Å²) in [6, 6.07) is 11.1. The lowest BCUT2D eigenvalue weighted by Crippen LogP contribution is -2.28. The van der Waals surface area contributed by atoms with E-state index in [2.05, 4.69) is 30.9 Å². The second kappa shape index (κ2) is 6.91. The van der Waals surface area contributed by atoms with Gasteiger partial charge in [-0.3, -0.25) is 5.32 Å². The number of nitrogens with one attached hydrogen (secondary N) is 3. The number of benzene rings is 1. The number of carbonyl (C=O) groups excluding carboxylic acids is 1. The lowest BCUT2D eigenvalue weighted by atomic mass is 10.2. The number of hydrogen-bond acceptors (Lipinski definition) is 5. The molecule has 2 amide bonds. The molecule has 0 unspecified atom stereocenters.